The summed E-state index contributed by atoms with van der Waals surface area (Å²) < 4.78 is 40.5. The van der Waals surface area contributed by atoms with Crippen LogP contribution in [-0.4, -0.2) is 75.5 Å². The van der Waals surface area contributed by atoms with Gasteiger partial charge >= 0.3 is 6.18 Å². The van der Waals surface area contributed by atoms with Crippen LogP contribution in [0.1, 0.15) is 26.6 Å². The Hall–Kier alpha value is -1.84. The van der Waals surface area contributed by atoms with Crippen LogP contribution < -0.4 is 5.32 Å². The lowest BCUT2D eigenvalue weighted by molar-refractivity contribution is -0.181. The van der Waals surface area contributed by atoms with Crippen LogP contribution in [0.4, 0.5) is 13.2 Å². The lowest BCUT2D eigenvalue weighted by atomic mass is 10.2. The predicted octanol–water partition coefficient (Wildman–Crippen LogP) is 1.33. The highest BCUT2D eigenvalue weighted by atomic mass is 19.4. The van der Waals surface area contributed by atoms with Crippen molar-refractivity contribution in [2.75, 3.05) is 32.7 Å². The Balaban J connectivity index is 1.98. The van der Waals surface area contributed by atoms with Gasteiger partial charge < -0.3 is 14.8 Å². The number of rotatable bonds is 5. The van der Waals surface area contributed by atoms with Gasteiger partial charge in [0, 0.05) is 39.3 Å². The summed E-state index contributed by atoms with van der Waals surface area (Å²) in [4.78, 5) is 8.04. The molecule has 0 aliphatic carbocycles. The van der Waals surface area contributed by atoms with Crippen LogP contribution in [0.15, 0.2) is 11.3 Å². The standard InChI is InChI=1S/C15H26F3N7/c1-4-19-14(20-10-13-22-21-11-23(13)5-2)25-8-6-24(7-9-25)12(3)15(16,17)18/h11-12H,4-10H2,1-3H3,(H,19,20). The first kappa shape index (κ1) is 19.5. The molecule has 1 unspecified atom stereocenters. The molecule has 2 heterocycles. The Labute approximate surface area is 145 Å². The van der Waals surface area contributed by atoms with Gasteiger partial charge in [0.05, 0.1) is 0 Å². The molecular weight excluding hydrogens is 335 g/mol. The summed E-state index contributed by atoms with van der Waals surface area (Å²) in [5.74, 6) is 1.47. The van der Waals surface area contributed by atoms with E-state index < -0.39 is 12.2 Å². The zero-order chi connectivity index (χ0) is 18.4. The van der Waals surface area contributed by atoms with Crippen LogP contribution in [0.25, 0.3) is 0 Å². The summed E-state index contributed by atoms with van der Waals surface area (Å²) in [5.41, 5.74) is 0. The highest BCUT2D eigenvalue weighted by Crippen LogP contribution is 2.25. The molecule has 1 atom stereocenters. The summed E-state index contributed by atoms with van der Waals surface area (Å²) in [6.07, 6.45) is -2.53. The number of nitrogens with zero attached hydrogens (tertiary/aromatic N) is 6. The molecule has 0 amide bonds. The molecule has 1 aliphatic heterocycles. The zero-order valence-corrected chi connectivity index (χ0v) is 14.9. The number of hydrogen-bond donors (Lipinski definition) is 1. The molecule has 2 rings (SSSR count). The van der Waals surface area contributed by atoms with Gasteiger partial charge in [-0.15, -0.1) is 10.2 Å². The van der Waals surface area contributed by atoms with E-state index in [-0.39, 0.29) is 0 Å². The molecule has 0 spiro atoms. The van der Waals surface area contributed by atoms with Crippen molar-refractivity contribution < 1.29 is 13.2 Å². The van der Waals surface area contributed by atoms with Gasteiger partial charge in [-0.3, -0.25) is 4.90 Å². The van der Waals surface area contributed by atoms with E-state index >= 15 is 0 Å². The van der Waals surface area contributed by atoms with E-state index in [2.05, 4.69) is 20.5 Å². The Morgan fingerprint density at radius 3 is 2.52 bits per heavy atom. The van der Waals surface area contributed by atoms with Gasteiger partial charge in [-0.1, -0.05) is 0 Å². The van der Waals surface area contributed by atoms with Crippen LogP contribution in [0, 0.1) is 0 Å². The third-order valence-electron chi connectivity index (χ3n) is 4.38. The van der Waals surface area contributed by atoms with Crippen LogP contribution in [-0.2, 0) is 13.1 Å². The average molecular weight is 361 g/mol. The maximum Gasteiger partial charge on any atom is 0.403 e. The molecule has 1 N–H and O–H groups in total. The van der Waals surface area contributed by atoms with E-state index in [1.807, 2.05) is 23.3 Å². The highest BCUT2D eigenvalue weighted by Gasteiger charge is 2.41. The minimum Gasteiger partial charge on any atom is -0.357 e. The number of aromatic nitrogens is 3. The largest absolute Gasteiger partial charge is 0.403 e. The minimum atomic E-state index is -4.19. The summed E-state index contributed by atoms with van der Waals surface area (Å²) in [6, 6.07) is -1.42. The van der Waals surface area contributed by atoms with E-state index in [1.165, 1.54) is 11.8 Å². The first-order valence-electron chi connectivity index (χ1n) is 8.57. The van der Waals surface area contributed by atoms with E-state index in [0.717, 1.165) is 12.4 Å². The molecule has 25 heavy (non-hydrogen) atoms. The van der Waals surface area contributed by atoms with Crippen LogP contribution in [0.5, 0.6) is 0 Å². The number of nitrogens with one attached hydrogen (secondary N) is 1. The topological polar surface area (TPSA) is 61.6 Å². The molecule has 1 fully saturated rings. The number of aliphatic imine (C=N–C) groups is 1. The van der Waals surface area contributed by atoms with E-state index in [4.69, 9.17) is 0 Å². The van der Waals surface area contributed by atoms with Gasteiger partial charge in [-0.25, -0.2) is 4.99 Å². The lowest BCUT2D eigenvalue weighted by Gasteiger charge is -2.39. The monoisotopic (exact) mass is 361 g/mol. The predicted molar refractivity (Wildman–Crippen MR) is 89.2 cm³/mol. The second-order valence-corrected chi connectivity index (χ2v) is 5.94. The molecule has 1 saturated heterocycles. The first-order chi connectivity index (χ1) is 11.9. The van der Waals surface area contributed by atoms with Crippen molar-refractivity contribution in [3.63, 3.8) is 0 Å². The summed E-state index contributed by atoms with van der Waals surface area (Å²) in [5, 5.41) is 11.1. The maximum atomic E-state index is 12.9. The Morgan fingerprint density at radius 2 is 1.96 bits per heavy atom. The van der Waals surface area contributed by atoms with Gasteiger partial charge in [0.1, 0.15) is 18.9 Å². The van der Waals surface area contributed by atoms with Crippen LogP contribution >= 0.6 is 0 Å². The molecule has 7 nitrogen and oxygen atoms in total. The lowest BCUT2D eigenvalue weighted by Crippen LogP contribution is -2.56. The van der Waals surface area contributed by atoms with Gasteiger partial charge in [-0.05, 0) is 20.8 Å². The third kappa shape index (κ3) is 5.07. The smallest absolute Gasteiger partial charge is 0.357 e. The maximum absolute atomic E-state index is 12.9. The second-order valence-electron chi connectivity index (χ2n) is 5.94. The van der Waals surface area contributed by atoms with Gasteiger partial charge in [0.2, 0.25) is 0 Å². The molecule has 0 saturated carbocycles. The minimum absolute atomic E-state index is 0.357. The molecule has 0 radical (unpaired) electrons. The normalized spacial score (nSPS) is 18.5. The molecule has 0 bridgehead atoms. The fourth-order valence-corrected chi connectivity index (χ4v) is 2.76. The van der Waals surface area contributed by atoms with Gasteiger partial charge in [0.15, 0.2) is 11.8 Å². The van der Waals surface area contributed by atoms with Crippen LogP contribution in [0.3, 0.4) is 0 Å². The van der Waals surface area contributed by atoms with Crippen molar-refractivity contribution in [3.8, 4) is 0 Å². The number of aryl methyl sites for hydroxylation is 1. The van der Waals surface area contributed by atoms with E-state index in [9.17, 15) is 13.2 Å². The first-order valence-corrected chi connectivity index (χ1v) is 8.57. The molecule has 1 aromatic rings. The number of guanidine groups is 1. The Bertz CT molecular complexity index is 562. The molecule has 0 aromatic carbocycles. The third-order valence-corrected chi connectivity index (χ3v) is 4.38. The van der Waals surface area contributed by atoms with Crippen LogP contribution in [0.2, 0.25) is 0 Å². The van der Waals surface area contributed by atoms with Crippen molar-refractivity contribution in [3.05, 3.63) is 12.2 Å². The Kier molecular flexibility index (Phi) is 6.63. The fourth-order valence-electron chi connectivity index (χ4n) is 2.76. The molecule has 10 heteroatoms. The molecule has 142 valence electrons. The van der Waals surface area contributed by atoms with Gasteiger partial charge in [0.25, 0.3) is 0 Å². The summed E-state index contributed by atoms with van der Waals surface area (Å²) in [6.45, 7) is 8.75. The SMILES string of the molecule is CCNC(=NCc1nncn1CC)N1CCN(C(C)C(F)(F)F)CC1. The summed E-state index contributed by atoms with van der Waals surface area (Å²) >= 11 is 0. The van der Waals surface area contributed by atoms with Crippen molar-refractivity contribution in [2.24, 2.45) is 4.99 Å². The zero-order valence-electron chi connectivity index (χ0n) is 14.9. The fraction of sp³-hybridized carbons (Fsp3) is 0.800. The number of hydrogen-bond acceptors (Lipinski definition) is 4. The van der Waals surface area contributed by atoms with E-state index in [0.29, 0.717) is 45.2 Å². The van der Waals surface area contributed by atoms with Crippen molar-refractivity contribution in [1.29, 1.82) is 0 Å². The number of piperazine rings is 1. The quantitative estimate of drug-likeness (QED) is 0.633. The molecule has 1 aromatic heterocycles. The highest BCUT2D eigenvalue weighted by molar-refractivity contribution is 5.80. The second kappa shape index (κ2) is 8.50. The molecular formula is C15H26F3N7. The van der Waals surface area contributed by atoms with Crippen molar-refractivity contribution in [2.45, 2.75) is 46.1 Å². The Morgan fingerprint density at radius 1 is 1.28 bits per heavy atom. The average Bonchev–Trinajstić information content (AvgIpc) is 3.05. The number of halogens is 3. The van der Waals surface area contributed by atoms with E-state index in [1.54, 1.807) is 6.33 Å². The number of alkyl halides is 3. The molecule has 1 aliphatic rings. The summed E-state index contributed by atoms with van der Waals surface area (Å²) in [7, 11) is 0. The van der Waals surface area contributed by atoms with Crippen molar-refractivity contribution >= 4 is 5.96 Å². The van der Waals surface area contributed by atoms with Crippen molar-refractivity contribution in [1.82, 2.24) is 29.9 Å². The van der Waals surface area contributed by atoms with Gasteiger partial charge in [-0.2, -0.15) is 13.2 Å².